The van der Waals surface area contributed by atoms with Gasteiger partial charge in [0.05, 0.1) is 0 Å². The van der Waals surface area contributed by atoms with Crippen LogP contribution in [0.15, 0.2) is 29.4 Å². The molecular formula is C11H11ClNO. The van der Waals surface area contributed by atoms with Gasteiger partial charge in [0.25, 0.3) is 0 Å². The lowest BCUT2D eigenvalue weighted by atomic mass is 10.2. The van der Waals surface area contributed by atoms with Crippen LogP contribution in [0.5, 0.6) is 0 Å². The van der Waals surface area contributed by atoms with E-state index in [9.17, 15) is 0 Å². The average molecular weight is 209 g/mol. The van der Waals surface area contributed by atoms with E-state index in [0.29, 0.717) is 12.5 Å². The van der Waals surface area contributed by atoms with Gasteiger partial charge in [-0.1, -0.05) is 28.9 Å². The molecule has 1 aromatic rings. The lowest BCUT2D eigenvalue weighted by Gasteiger charge is -1.98. The minimum atomic E-state index is 0.483. The largest absolute Gasteiger partial charge is 0.391 e. The van der Waals surface area contributed by atoms with Crippen LogP contribution in [-0.2, 0) is 11.4 Å². The normalized spacial score (nSPS) is 16.1. The average Bonchev–Trinajstić information content (AvgIpc) is 2.99. The smallest absolute Gasteiger partial charge is 0.142 e. The molecule has 1 aliphatic rings. The van der Waals surface area contributed by atoms with E-state index in [4.69, 9.17) is 16.4 Å². The van der Waals surface area contributed by atoms with Crippen LogP contribution in [0.2, 0.25) is 5.02 Å². The molecule has 14 heavy (non-hydrogen) atoms. The first-order chi connectivity index (χ1) is 6.84. The monoisotopic (exact) mass is 208 g/mol. The SMILES string of the molecule is Clc1ccc(CO/N=[C]\C2CC2)cc1. The van der Waals surface area contributed by atoms with E-state index < -0.39 is 0 Å². The van der Waals surface area contributed by atoms with Gasteiger partial charge in [0.15, 0.2) is 0 Å². The first kappa shape index (κ1) is 9.53. The third-order valence-electron chi connectivity index (χ3n) is 2.02. The number of rotatable bonds is 4. The first-order valence-electron chi connectivity index (χ1n) is 4.66. The van der Waals surface area contributed by atoms with Crippen LogP contribution >= 0.6 is 11.6 Å². The molecule has 2 rings (SSSR count). The van der Waals surface area contributed by atoms with Gasteiger partial charge in [0.2, 0.25) is 0 Å². The zero-order valence-corrected chi connectivity index (χ0v) is 8.50. The first-order valence-corrected chi connectivity index (χ1v) is 5.04. The Labute approximate surface area is 88.5 Å². The molecule has 0 aromatic heterocycles. The minimum Gasteiger partial charge on any atom is -0.391 e. The predicted octanol–water partition coefficient (Wildman–Crippen LogP) is 3.13. The Hall–Kier alpha value is -1.02. The van der Waals surface area contributed by atoms with Crippen molar-refractivity contribution in [1.29, 1.82) is 0 Å². The van der Waals surface area contributed by atoms with E-state index in [-0.39, 0.29) is 0 Å². The van der Waals surface area contributed by atoms with E-state index in [1.807, 2.05) is 24.3 Å². The molecule has 0 aliphatic heterocycles. The fourth-order valence-electron chi connectivity index (χ4n) is 1.01. The summed E-state index contributed by atoms with van der Waals surface area (Å²) in [7, 11) is 0. The number of benzene rings is 1. The van der Waals surface area contributed by atoms with Crippen molar-refractivity contribution in [3.05, 3.63) is 34.9 Å². The molecule has 0 heterocycles. The van der Waals surface area contributed by atoms with Crippen molar-refractivity contribution in [3.63, 3.8) is 0 Å². The molecule has 1 radical (unpaired) electrons. The molecule has 0 N–H and O–H groups in total. The summed E-state index contributed by atoms with van der Waals surface area (Å²) in [6, 6.07) is 7.53. The van der Waals surface area contributed by atoms with Crippen molar-refractivity contribution < 1.29 is 4.84 Å². The summed E-state index contributed by atoms with van der Waals surface area (Å²) in [5, 5.41) is 4.51. The molecule has 2 nitrogen and oxygen atoms in total. The summed E-state index contributed by atoms with van der Waals surface area (Å²) in [6.45, 7) is 0.483. The summed E-state index contributed by atoms with van der Waals surface area (Å²) < 4.78 is 0. The zero-order chi connectivity index (χ0) is 9.80. The molecule has 0 unspecified atom stereocenters. The van der Waals surface area contributed by atoms with Crippen LogP contribution in [0.25, 0.3) is 0 Å². The second kappa shape index (κ2) is 4.47. The minimum absolute atomic E-state index is 0.483. The van der Waals surface area contributed by atoms with Crippen molar-refractivity contribution in [2.24, 2.45) is 11.1 Å². The molecule has 0 amide bonds. The molecule has 73 valence electrons. The van der Waals surface area contributed by atoms with Crippen LogP contribution in [0, 0.1) is 5.92 Å². The maximum absolute atomic E-state index is 5.75. The summed E-state index contributed by atoms with van der Waals surface area (Å²) in [5.74, 6) is 0.542. The van der Waals surface area contributed by atoms with Gasteiger partial charge in [0.1, 0.15) is 12.8 Å². The van der Waals surface area contributed by atoms with Gasteiger partial charge >= 0.3 is 0 Å². The highest BCUT2D eigenvalue weighted by Gasteiger charge is 2.19. The fraction of sp³-hybridized carbons (Fsp3) is 0.364. The van der Waals surface area contributed by atoms with E-state index in [0.717, 1.165) is 10.6 Å². The fourth-order valence-corrected chi connectivity index (χ4v) is 1.14. The van der Waals surface area contributed by atoms with E-state index in [1.165, 1.54) is 12.8 Å². The highest BCUT2D eigenvalue weighted by atomic mass is 35.5. The second-order valence-electron chi connectivity index (χ2n) is 3.39. The van der Waals surface area contributed by atoms with Gasteiger partial charge in [-0.15, -0.1) is 0 Å². The molecule has 1 aliphatic carbocycles. The van der Waals surface area contributed by atoms with Crippen molar-refractivity contribution >= 4 is 17.8 Å². The third-order valence-corrected chi connectivity index (χ3v) is 2.27. The van der Waals surface area contributed by atoms with Crippen molar-refractivity contribution in [1.82, 2.24) is 0 Å². The van der Waals surface area contributed by atoms with Gasteiger partial charge in [-0.25, -0.2) is 0 Å². The maximum Gasteiger partial charge on any atom is 0.142 e. The quantitative estimate of drug-likeness (QED) is 0.550. The molecule has 1 fully saturated rings. The van der Waals surface area contributed by atoms with Gasteiger partial charge in [-0.3, -0.25) is 0 Å². The lowest BCUT2D eigenvalue weighted by molar-refractivity contribution is 0.131. The Bertz CT molecular complexity index is 317. The third kappa shape index (κ3) is 3.04. The summed E-state index contributed by atoms with van der Waals surface area (Å²) in [6.07, 6.45) is 5.32. The van der Waals surface area contributed by atoms with E-state index >= 15 is 0 Å². The topological polar surface area (TPSA) is 21.6 Å². The molecule has 0 spiro atoms. The Morgan fingerprint density at radius 2 is 2.07 bits per heavy atom. The van der Waals surface area contributed by atoms with Gasteiger partial charge < -0.3 is 4.84 Å². The van der Waals surface area contributed by atoms with Crippen molar-refractivity contribution in [2.45, 2.75) is 19.4 Å². The number of halogens is 1. The van der Waals surface area contributed by atoms with Crippen LogP contribution in [-0.4, -0.2) is 6.21 Å². The number of hydrogen-bond donors (Lipinski definition) is 0. The Balaban J connectivity index is 1.76. The Morgan fingerprint density at radius 1 is 1.36 bits per heavy atom. The Kier molecular flexibility index (Phi) is 3.04. The predicted molar refractivity (Wildman–Crippen MR) is 56.4 cm³/mol. The summed E-state index contributed by atoms with van der Waals surface area (Å²) >= 11 is 5.75. The number of hydrogen-bond acceptors (Lipinski definition) is 2. The maximum atomic E-state index is 5.75. The Morgan fingerprint density at radius 3 is 2.71 bits per heavy atom. The highest BCUT2D eigenvalue weighted by Crippen LogP contribution is 2.26. The van der Waals surface area contributed by atoms with Crippen LogP contribution in [0.4, 0.5) is 0 Å². The van der Waals surface area contributed by atoms with E-state index in [2.05, 4.69) is 11.4 Å². The molecule has 0 atom stereocenters. The highest BCUT2D eigenvalue weighted by molar-refractivity contribution is 6.30. The standard InChI is InChI=1S/C11H11ClNO/c12-11-5-3-10(4-6-11)8-14-13-7-9-1-2-9/h3-6,9H,1-2,8H2. The molecular weight excluding hydrogens is 198 g/mol. The van der Waals surface area contributed by atoms with Crippen molar-refractivity contribution in [3.8, 4) is 0 Å². The molecule has 0 bridgehead atoms. The van der Waals surface area contributed by atoms with Crippen LogP contribution in [0.1, 0.15) is 18.4 Å². The second-order valence-corrected chi connectivity index (χ2v) is 3.83. The van der Waals surface area contributed by atoms with E-state index in [1.54, 1.807) is 0 Å². The van der Waals surface area contributed by atoms with Gasteiger partial charge in [0, 0.05) is 10.9 Å². The van der Waals surface area contributed by atoms with Gasteiger partial charge in [-0.05, 0) is 30.5 Å². The molecule has 0 saturated heterocycles. The summed E-state index contributed by atoms with van der Waals surface area (Å²) in [5.41, 5.74) is 1.07. The molecule has 1 saturated carbocycles. The van der Waals surface area contributed by atoms with Gasteiger partial charge in [-0.2, -0.15) is 0 Å². The summed E-state index contributed by atoms with van der Waals surface area (Å²) in [4.78, 5) is 5.08. The zero-order valence-electron chi connectivity index (χ0n) is 7.74. The lowest BCUT2D eigenvalue weighted by Crippen LogP contribution is -1.87. The number of nitrogens with zero attached hydrogens (tertiary/aromatic N) is 1. The van der Waals surface area contributed by atoms with Crippen LogP contribution < -0.4 is 0 Å². The van der Waals surface area contributed by atoms with Crippen molar-refractivity contribution in [2.75, 3.05) is 0 Å². The molecule has 1 aromatic carbocycles. The van der Waals surface area contributed by atoms with Crippen LogP contribution in [0.3, 0.4) is 0 Å². The molecule has 3 heteroatoms.